The van der Waals surface area contributed by atoms with Gasteiger partial charge in [-0.05, 0) is 54.0 Å². The lowest BCUT2D eigenvalue weighted by Crippen LogP contribution is -2.23. The molecule has 5 nitrogen and oxygen atoms in total. The maximum Gasteiger partial charge on any atom is 0.230 e. The van der Waals surface area contributed by atoms with E-state index in [9.17, 15) is 9.90 Å². The first kappa shape index (κ1) is 25.0. The van der Waals surface area contributed by atoms with E-state index >= 15 is 0 Å². The Labute approximate surface area is 215 Å². The Bertz CT molecular complexity index is 1270. The van der Waals surface area contributed by atoms with Gasteiger partial charge in [0.2, 0.25) is 5.91 Å². The van der Waals surface area contributed by atoms with Crippen LogP contribution in [0.5, 0.6) is 0 Å². The van der Waals surface area contributed by atoms with Crippen molar-refractivity contribution in [2.75, 3.05) is 18.4 Å². The zero-order valence-electron chi connectivity index (χ0n) is 19.4. The molecule has 35 heavy (non-hydrogen) atoms. The van der Waals surface area contributed by atoms with E-state index < -0.39 is 6.10 Å². The lowest BCUT2D eigenvalue weighted by Gasteiger charge is -2.12. The molecule has 4 aromatic rings. The van der Waals surface area contributed by atoms with Crippen LogP contribution in [0.2, 0.25) is 0 Å². The molecule has 1 amide bonds. The SMILES string of the molecule is O=C(Cc1csc(=S)n1Cc1ccccc1)Nc1ccc(CCNCC(O)c2ccccc2)cc1. The molecule has 1 aromatic heterocycles. The number of nitrogens with zero attached hydrogens (tertiary/aromatic N) is 1. The number of rotatable bonds is 11. The van der Waals surface area contributed by atoms with Crippen LogP contribution in [0, 0.1) is 3.95 Å². The molecule has 0 saturated carbocycles. The minimum Gasteiger partial charge on any atom is -0.387 e. The number of carbonyl (C=O) groups is 1. The predicted molar refractivity (Wildman–Crippen MR) is 145 cm³/mol. The summed E-state index contributed by atoms with van der Waals surface area (Å²) in [5, 5.41) is 18.5. The molecule has 3 aromatic carbocycles. The molecule has 0 aliphatic heterocycles. The molecule has 0 bridgehead atoms. The number of aliphatic hydroxyl groups is 1. The van der Waals surface area contributed by atoms with Gasteiger partial charge in [-0.3, -0.25) is 4.79 Å². The second-order valence-electron chi connectivity index (χ2n) is 8.37. The Morgan fingerprint density at radius 1 is 0.943 bits per heavy atom. The van der Waals surface area contributed by atoms with Crippen LogP contribution in [0.4, 0.5) is 5.69 Å². The van der Waals surface area contributed by atoms with E-state index in [0.29, 0.717) is 13.1 Å². The summed E-state index contributed by atoms with van der Waals surface area (Å²) in [6.45, 7) is 1.94. The molecule has 0 spiro atoms. The number of amides is 1. The molecule has 1 heterocycles. The van der Waals surface area contributed by atoms with Crippen LogP contribution >= 0.6 is 23.6 Å². The first-order valence-corrected chi connectivity index (χ1v) is 12.9. The van der Waals surface area contributed by atoms with Gasteiger partial charge in [0.25, 0.3) is 0 Å². The summed E-state index contributed by atoms with van der Waals surface area (Å²) < 4.78 is 2.80. The second-order valence-corrected chi connectivity index (χ2v) is 9.87. The van der Waals surface area contributed by atoms with Crippen molar-refractivity contribution in [3.63, 3.8) is 0 Å². The van der Waals surface area contributed by atoms with E-state index in [-0.39, 0.29) is 12.3 Å². The number of anilines is 1. The van der Waals surface area contributed by atoms with Crippen molar-refractivity contribution in [3.05, 3.63) is 117 Å². The predicted octanol–water partition coefficient (Wildman–Crippen LogP) is 5.37. The van der Waals surface area contributed by atoms with Gasteiger partial charge in [-0.15, -0.1) is 11.3 Å². The highest BCUT2D eigenvalue weighted by Gasteiger charge is 2.11. The summed E-state index contributed by atoms with van der Waals surface area (Å²) >= 11 is 6.97. The van der Waals surface area contributed by atoms with E-state index in [4.69, 9.17) is 12.2 Å². The van der Waals surface area contributed by atoms with Crippen molar-refractivity contribution in [3.8, 4) is 0 Å². The van der Waals surface area contributed by atoms with Gasteiger partial charge in [0, 0.05) is 29.9 Å². The number of hydrogen-bond donors (Lipinski definition) is 3. The third-order valence-corrected chi connectivity index (χ3v) is 7.06. The fraction of sp³-hybridized carbons (Fsp3) is 0.214. The third kappa shape index (κ3) is 7.44. The molecule has 4 rings (SSSR count). The van der Waals surface area contributed by atoms with Crippen molar-refractivity contribution >= 4 is 35.1 Å². The van der Waals surface area contributed by atoms with Crippen LogP contribution in [0.15, 0.2) is 90.3 Å². The summed E-state index contributed by atoms with van der Waals surface area (Å²) in [5.74, 6) is -0.0658. The molecular formula is C28H29N3O2S2. The molecule has 0 saturated heterocycles. The molecular weight excluding hydrogens is 474 g/mol. The number of hydrogen-bond acceptors (Lipinski definition) is 5. The molecule has 0 aliphatic rings. The summed E-state index contributed by atoms with van der Waals surface area (Å²) in [4.78, 5) is 12.7. The van der Waals surface area contributed by atoms with Gasteiger partial charge < -0.3 is 20.3 Å². The standard InChI is InChI=1S/C28H29N3O2S2/c32-26(23-9-5-2-6-10-23)18-29-16-15-21-11-13-24(14-12-21)30-27(33)17-25-20-35-28(34)31(25)19-22-7-3-1-4-8-22/h1-14,20,26,29,32H,15-19H2,(H,30,33). The number of nitrogens with one attached hydrogen (secondary N) is 2. The van der Waals surface area contributed by atoms with Gasteiger partial charge in [-0.1, -0.05) is 72.8 Å². The van der Waals surface area contributed by atoms with Gasteiger partial charge >= 0.3 is 0 Å². The third-order valence-electron chi connectivity index (χ3n) is 5.74. The van der Waals surface area contributed by atoms with Crippen molar-refractivity contribution in [1.82, 2.24) is 9.88 Å². The Kier molecular flexibility index (Phi) is 8.97. The Balaban J connectivity index is 1.24. The van der Waals surface area contributed by atoms with Crippen molar-refractivity contribution in [1.29, 1.82) is 0 Å². The minimum absolute atomic E-state index is 0.0658. The number of benzene rings is 3. The highest BCUT2D eigenvalue weighted by Crippen LogP contribution is 2.17. The van der Waals surface area contributed by atoms with Crippen LogP contribution in [-0.4, -0.2) is 28.7 Å². The molecule has 180 valence electrons. The summed E-state index contributed by atoms with van der Waals surface area (Å²) in [6.07, 6.45) is 0.598. The Morgan fingerprint density at radius 2 is 1.63 bits per heavy atom. The number of thiazole rings is 1. The normalized spacial score (nSPS) is 11.8. The largest absolute Gasteiger partial charge is 0.387 e. The highest BCUT2D eigenvalue weighted by molar-refractivity contribution is 7.73. The maximum absolute atomic E-state index is 12.7. The summed E-state index contributed by atoms with van der Waals surface area (Å²) in [5.41, 5.74) is 4.93. The molecule has 0 aliphatic carbocycles. The number of carbonyl (C=O) groups excluding carboxylic acids is 1. The average Bonchev–Trinajstić information content (AvgIpc) is 3.22. The molecule has 1 unspecified atom stereocenters. The fourth-order valence-electron chi connectivity index (χ4n) is 3.82. The smallest absolute Gasteiger partial charge is 0.230 e. The van der Waals surface area contributed by atoms with Gasteiger partial charge in [-0.25, -0.2) is 0 Å². The number of aromatic nitrogens is 1. The van der Waals surface area contributed by atoms with Crippen LogP contribution in [-0.2, 0) is 24.2 Å². The first-order chi connectivity index (χ1) is 17.1. The van der Waals surface area contributed by atoms with Crippen molar-refractivity contribution < 1.29 is 9.90 Å². The van der Waals surface area contributed by atoms with Crippen LogP contribution in [0.25, 0.3) is 0 Å². The van der Waals surface area contributed by atoms with E-state index in [1.165, 1.54) is 16.9 Å². The topological polar surface area (TPSA) is 66.3 Å². The fourth-order valence-corrected chi connectivity index (χ4v) is 4.90. The van der Waals surface area contributed by atoms with Gasteiger partial charge in [-0.2, -0.15) is 0 Å². The quantitative estimate of drug-likeness (QED) is 0.190. The number of aliphatic hydroxyl groups excluding tert-OH is 1. The van der Waals surface area contributed by atoms with Gasteiger partial charge in [0.1, 0.15) is 0 Å². The van der Waals surface area contributed by atoms with E-state index in [2.05, 4.69) is 22.8 Å². The zero-order chi connectivity index (χ0) is 24.5. The Morgan fingerprint density at radius 3 is 2.34 bits per heavy atom. The first-order valence-electron chi connectivity index (χ1n) is 11.6. The van der Waals surface area contributed by atoms with Crippen LogP contribution < -0.4 is 10.6 Å². The lowest BCUT2D eigenvalue weighted by molar-refractivity contribution is -0.115. The summed E-state index contributed by atoms with van der Waals surface area (Å²) in [6, 6.07) is 27.7. The van der Waals surface area contributed by atoms with E-state index in [0.717, 1.165) is 39.4 Å². The maximum atomic E-state index is 12.7. The van der Waals surface area contributed by atoms with Crippen molar-refractivity contribution in [2.45, 2.75) is 25.5 Å². The molecule has 0 fully saturated rings. The lowest BCUT2D eigenvalue weighted by atomic mass is 10.1. The zero-order valence-corrected chi connectivity index (χ0v) is 21.0. The minimum atomic E-state index is -0.514. The van der Waals surface area contributed by atoms with Crippen LogP contribution in [0.1, 0.15) is 28.5 Å². The molecule has 0 radical (unpaired) electrons. The molecule has 3 N–H and O–H groups in total. The molecule has 1 atom stereocenters. The Hall–Kier alpha value is -3.10. The van der Waals surface area contributed by atoms with E-state index in [1.54, 1.807) is 0 Å². The average molecular weight is 504 g/mol. The molecule has 7 heteroatoms. The van der Waals surface area contributed by atoms with Gasteiger partial charge in [0.15, 0.2) is 3.95 Å². The van der Waals surface area contributed by atoms with Gasteiger partial charge in [0.05, 0.1) is 12.5 Å². The highest BCUT2D eigenvalue weighted by atomic mass is 32.1. The summed E-state index contributed by atoms with van der Waals surface area (Å²) in [7, 11) is 0. The van der Waals surface area contributed by atoms with Crippen LogP contribution in [0.3, 0.4) is 0 Å². The van der Waals surface area contributed by atoms with Crippen molar-refractivity contribution in [2.24, 2.45) is 0 Å². The monoisotopic (exact) mass is 503 g/mol. The second kappa shape index (κ2) is 12.6. The van der Waals surface area contributed by atoms with E-state index in [1.807, 2.05) is 82.7 Å².